The number of carbonyl (C=O) groups is 1. The molecular weight excluding hydrogens is 305 g/mol. The number of benzene rings is 1. The molecule has 0 aliphatic rings. The van der Waals surface area contributed by atoms with Gasteiger partial charge in [0.15, 0.2) is 0 Å². The number of ketones is 1. The van der Waals surface area contributed by atoms with E-state index >= 15 is 0 Å². The number of aromatic nitrogens is 2. The van der Waals surface area contributed by atoms with Crippen LogP contribution in [0.3, 0.4) is 0 Å². The van der Waals surface area contributed by atoms with E-state index in [0.29, 0.717) is 17.8 Å². The molecule has 0 aliphatic heterocycles. The van der Waals surface area contributed by atoms with Crippen LogP contribution in [0.4, 0.5) is 13.2 Å². The number of nitrogens with zero attached hydrogens (tertiary/aromatic N) is 1. The van der Waals surface area contributed by atoms with E-state index in [4.69, 9.17) is 0 Å². The van der Waals surface area contributed by atoms with E-state index in [2.05, 4.69) is 9.97 Å². The maximum atomic E-state index is 12.4. The first-order valence-electron chi connectivity index (χ1n) is 6.11. The number of Topliss-reactive ketones (excluding diaryl/α,β-unsaturated/α-hetero) is 1. The Labute approximate surface area is 126 Å². The number of rotatable bonds is 5. The number of H-pyrrole nitrogens is 1. The van der Waals surface area contributed by atoms with Crippen LogP contribution in [0.2, 0.25) is 0 Å². The molecule has 114 valence electrons. The van der Waals surface area contributed by atoms with E-state index in [1.165, 1.54) is 12.1 Å². The number of nitrogens with one attached hydrogen (secondary N) is 1. The molecule has 21 heavy (non-hydrogen) atoms. The normalized spacial score (nSPS) is 11.0. The summed E-state index contributed by atoms with van der Waals surface area (Å²) in [6, 6.07) is 4.88. The van der Waals surface area contributed by atoms with Crippen molar-refractivity contribution in [3.8, 4) is 0 Å². The van der Waals surface area contributed by atoms with Crippen LogP contribution in [0, 0.1) is 0 Å². The summed E-state index contributed by atoms with van der Waals surface area (Å²) in [6.45, 7) is 0. The third-order valence-corrected chi connectivity index (χ3v) is 2.89. The largest absolute Gasteiger partial charge is 0.416 e. The first kappa shape index (κ1) is 17.2. The van der Waals surface area contributed by atoms with Crippen molar-refractivity contribution < 1.29 is 18.0 Å². The van der Waals surface area contributed by atoms with Gasteiger partial charge in [0, 0.05) is 18.8 Å². The summed E-state index contributed by atoms with van der Waals surface area (Å²) in [4.78, 5) is 18.5. The molecule has 0 amide bonds. The molecule has 1 aromatic heterocycles. The molecule has 0 bridgehead atoms. The second-order valence-electron chi connectivity index (χ2n) is 4.45. The number of halogens is 4. The zero-order valence-electron chi connectivity index (χ0n) is 11.0. The van der Waals surface area contributed by atoms with E-state index in [9.17, 15) is 18.0 Å². The van der Waals surface area contributed by atoms with Crippen LogP contribution in [0.5, 0.6) is 0 Å². The number of hydrogen-bond donors (Lipinski definition) is 1. The molecule has 1 heterocycles. The number of hydrogen-bond acceptors (Lipinski definition) is 2. The van der Waals surface area contributed by atoms with Gasteiger partial charge < -0.3 is 4.98 Å². The molecule has 0 fully saturated rings. The van der Waals surface area contributed by atoms with Gasteiger partial charge in [-0.1, -0.05) is 12.1 Å². The molecular formula is C14H14ClF3N2O. The van der Waals surface area contributed by atoms with Crippen LogP contribution in [0.25, 0.3) is 0 Å². The lowest BCUT2D eigenvalue weighted by atomic mass is 10.0. The average molecular weight is 319 g/mol. The quantitative estimate of drug-likeness (QED) is 0.915. The molecule has 0 saturated carbocycles. The number of aromatic amines is 1. The lowest BCUT2D eigenvalue weighted by molar-refractivity contribution is -0.137. The third-order valence-electron chi connectivity index (χ3n) is 2.89. The van der Waals surface area contributed by atoms with E-state index in [1.807, 2.05) is 0 Å². The van der Waals surface area contributed by atoms with Gasteiger partial charge in [-0.2, -0.15) is 13.2 Å². The fourth-order valence-electron chi connectivity index (χ4n) is 1.81. The van der Waals surface area contributed by atoms with E-state index in [-0.39, 0.29) is 31.0 Å². The van der Waals surface area contributed by atoms with Gasteiger partial charge in [0.05, 0.1) is 12.0 Å². The fraction of sp³-hybridized carbons (Fsp3) is 0.286. The second-order valence-corrected chi connectivity index (χ2v) is 4.45. The van der Waals surface area contributed by atoms with Gasteiger partial charge >= 0.3 is 6.18 Å². The van der Waals surface area contributed by atoms with Crippen molar-refractivity contribution in [3.63, 3.8) is 0 Å². The monoisotopic (exact) mass is 318 g/mol. The summed E-state index contributed by atoms with van der Waals surface area (Å²) in [5.74, 6) is 0.599. The minimum Gasteiger partial charge on any atom is -0.348 e. The highest BCUT2D eigenvalue weighted by Gasteiger charge is 2.29. The molecule has 0 radical (unpaired) electrons. The maximum Gasteiger partial charge on any atom is 0.416 e. The van der Waals surface area contributed by atoms with Crippen molar-refractivity contribution >= 4 is 18.2 Å². The van der Waals surface area contributed by atoms with Crippen LogP contribution in [0.15, 0.2) is 36.7 Å². The molecule has 0 unspecified atom stereocenters. The number of imidazole rings is 1. The van der Waals surface area contributed by atoms with Gasteiger partial charge in [0.25, 0.3) is 0 Å². The minimum absolute atomic E-state index is 0. The molecule has 2 aromatic rings. The van der Waals surface area contributed by atoms with Gasteiger partial charge in [-0.05, 0) is 24.1 Å². The van der Waals surface area contributed by atoms with Gasteiger partial charge in [0.2, 0.25) is 0 Å². The van der Waals surface area contributed by atoms with Crippen molar-refractivity contribution in [2.75, 3.05) is 0 Å². The standard InChI is InChI=1S/C14H13F3N2O.ClH/c15-14(16,17)11-4-1-10(2-5-11)3-6-12(20)9-13-18-7-8-19-13;/h1-2,4-5,7-8H,3,6,9H2,(H,18,19);1H. The smallest absolute Gasteiger partial charge is 0.348 e. The van der Waals surface area contributed by atoms with E-state index < -0.39 is 11.7 Å². The van der Waals surface area contributed by atoms with Crippen LogP contribution in [-0.4, -0.2) is 15.8 Å². The van der Waals surface area contributed by atoms with Crippen molar-refractivity contribution in [1.29, 1.82) is 0 Å². The first-order chi connectivity index (χ1) is 9.45. The highest BCUT2D eigenvalue weighted by atomic mass is 35.5. The number of carbonyl (C=O) groups excluding carboxylic acids is 1. The second kappa shape index (κ2) is 7.26. The van der Waals surface area contributed by atoms with E-state index in [1.54, 1.807) is 12.4 Å². The Balaban J connectivity index is 0.00000220. The van der Waals surface area contributed by atoms with Crippen LogP contribution in [-0.2, 0) is 23.8 Å². The van der Waals surface area contributed by atoms with Crippen molar-refractivity contribution in [2.24, 2.45) is 0 Å². The Kier molecular flexibility index (Phi) is 5.96. The summed E-state index contributed by atoms with van der Waals surface area (Å²) in [7, 11) is 0. The number of alkyl halides is 3. The average Bonchev–Trinajstić information content (AvgIpc) is 2.88. The van der Waals surface area contributed by atoms with Crippen LogP contribution in [0.1, 0.15) is 23.4 Å². The summed E-state index contributed by atoms with van der Waals surface area (Å²) in [5.41, 5.74) is 0.0361. The van der Waals surface area contributed by atoms with Crippen LogP contribution < -0.4 is 0 Å². The Morgan fingerprint density at radius 1 is 1.19 bits per heavy atom. The van der Waals surface area contributed by atoms with Crippen molar-refractivity contribution in [3.05, 3.63) is 53.6 Å². The Morgan fingerprint density at radius 2 is 1.86 bits per heavy atom. The summed E-state index contributed by atoms with van der Waals surface area (Å²) >= 11 is 0. The molecule has 1 aromatic carbocycles. The summed E-state index contributed by atoms with van der Waals surface area (Å²) in [5, 5.41) is 0. The lowest BCUT2D eigenvalue weighted by Crippen LogP contribution is -2.07. The molecule has 0 aliphatic carbocycles. The van der Waals surface area contributed by atoms with Crippen molar-refractivity contribution in [1.82, 2.24) is 9.97 Å². The lowest BCUT2D eigenvalue weighted by Gasteiger charge is -2.07. The molecule has 1 N–H and O–H groups in total. The molecule has 2 rings (SSSR count). The summed E-state index contributed by atoms with van der Waals surface area (Å²) in [6.07, 6.45) is -0.192. The predicted molar refractivity (Wildman–Crippen MR) is 74.3 cm³/mol. The minimum atomic E-state index is -4.33. The third kappa shape index (κ3) is 5.23. The molecule has 7 heteroatoms. The first-order valence-corrected chi connectivity index (χ1v) is 6.11. The zero-order valence-corrected chi connectivity index (χ0v) is 11.8. The van der Waals surface area contributed by atoms with Crippen LogP contribution >= 0.6 is 12.4 Å². The fourth-order valence-corrected chi connectivity index (χ4v) is 1.81. The Morgan fingerprint density at radius 3 is 2.38 bits per heavy atom. The van der Waals surface area contributed by atoms with Gasteiger partial charge in [-0.15, -0.1) is 12.4 Å². The molecule has 0 atom stereocenters. The highest BCUT2D eigenvalue weighted by Crippen LogP contribution is 2.29. The van der Waals surface area contributed by atoms with Gasteiger partial charge in [-0.3, -0.25) is 4.79 Å². The maximum absolute atomic E-state index is 12.4. The molecule has 0 spiro atoms. The summed E-state index contributed by atoms with van der Waals surface area (Å²) < 4.78 is 37.1. The SMILES string of the molecule is Cl.O=C(CCc1ccc(C(F)(F)F)cc1)Cc1ncc[nH]1. The van der Waals surface area contributed by atoms with Gasteiger partial charge in [0.1, 0.15) is 11.6 Å². The van der Waals surface area contributed by atoms with E-state index in [0.717, 1.165) is 12.1 Å². The number of aryl methyl sites for hydroxylation is 1. The molecule has 0 saturated heterocycles. The molecule has 3 nitrogen and oxygen atoms in total. The Bertz CT molecular complexity index is 565. The Hall–Kier alpha value is -1.82. The predicted octanol–water partition coefficient (Wildman–Crippen LogP) is 3.59. The zero-order chi connectivity index (χ0) is 14.6. The topological polar surface area (TPSA) is 45.8 Å². The highest BCUT2D eigenvalue weighted by molar-refractivity contribution is 5.85. The van der Waals surface area contributed by atoms with Crippen molar-refractivity contribution in [2.45, 2.75) is 25.4 Å². The van der Waals surface area contributed by atoms with Gasteiger partial charge in [-0.25, -0.2) is 4.98 Å².